The number of halogens is 1. The topological polar surface area (TPSA) is 35.5 Å². The van der Waals surface area contributed by atoms with Crippen LogP contribution in [0.3, 0.4) is 0 Å². The molecule has 1 aliphatic rings. The quantitative estimate of drug-likeness (QED) is 0.699. The smallest absolute Gasteiger partial charge is 0.308 e. The maximum atomic E-state index is 11.5. The van der Waals surface area contributed by atoms with Crippen LogP contribution in [0.2, 0.25) is 5.02 Å². The molecule has 21 heavy (non-hydrogen) atoms. The average Bonchev–Trinajstić information content (AvgIpc) is 3.25. The Morgan fingerprint density at radius 3 is 2.81 bits per heavy atom. The molecule has 3 nitrogen and oxygen atoms in total. The lowest BCUT2D eigenvalue weighted by Gasteiger charge is -2.19. The van der Waals surface area contributed by atoms with Crippen LogP contribution >= 0.6 is 11.6 Å². The summed E-state index contributed by atoms with van der Waals surface area (Å²) in [5.41, 5.74) is 1.15. The van der Waals surface area contributed by atoms with Crippen molar-refractivity contribution in [3.63, 3.8) is 0 Å². The fraction of sp³-hybridized carbons (Fsp3) is 0.588. The van der Waals surface area contributed by atoms with Gasteiger partial charge in [-0.25, -0.2) is 0 Å². The highest BCUT2D eigenvalue weighted by atomic mass is 35.5. The summed E-state index contributed by atoms with van der Waals surface area (Å²) in [5.74, 6) is 1.70. The van der Waals surface area contributed by atoms with Crippen LogP contribution in [-0.4, -0.2) is 19.7 Å². The summed E-state index contributed by atoms with van der Waals surface area (Å²) in [5, 5.41) is 0.729. The van der Waals surface area contributed by atoms with Crippen molar-refractivity contribution in [3.8, 4) is 5.75 Å². The molecule has 0 aromatic heterocycles. The van der Waals surface area contributed by atoms with Crippen molar-refractivity contribution in [1.29, 1.82) is 0 Å². The standard InChI is InChI=1S/C17H23ClO3/c1-4-11(8-12-9-15(12)17(19)20-3)14-10-13(18)6-7-16(14)21-5-2/h6-7,10-12,15H,4-5,8-9H2,1-3H3. The third-order valence-corrected chi connectivity index (χ3v) is 4.45. The Morgan fingerprint density at radius 1 is 1.43 bits per heavy atom. The zero-order valence-corrected chi connectivity index (χ0v) is 13.7. The number of ether oxygens (including phenoxy) is 2. The van der Waals surface area contributed by atoms with Crippen molar-refractivity contribution in [2.45, 2.75) is 39.0 Å². The lowest BCUT2D eigenvalue weighted by Crippen LogP contribution is -2.08. The molecule has 0 radical (unpaired) electrons. The van der Waals surface area contributed by atoms with E-state index in [1.807, 2.05) is 25.1 Å². The van der Waals surface area contributed by atoms with E-state index in [0.29, 0.717) is 18.4 Å². The molecule has 0 aliphatic heterocycles. The van der Waals surface area contributed by atoms with Gasteiger partial charge < -0.3 is 9.47 Å². The second-order valence-corrected chi connectivity index (χ2v) is 6.02. The van der Waals surface area contributed by atoms with E-state index >= 15 is 0 Å². The Morgan fingerprint density at radius 2 is 2.19 bits per heavy atom. The van der Waals surface area contributed by atoms with E-state index in [0.717, 1.165) is 35.6 Å². The summed E-state index contributed by atoms with van der Waals surface area (Å²) in [4.78, 5) is 11.5. The number of rotatable bonds is 7. The Kier molecular flexibility index (Phi) is 5.51. The molecule has 1 aliphatic carbocycles. The Balaban J connectivity index is 2.11. The first-order valence-corrected chi connectivity index (χ1v) is 7.98. The van der Waals surface area contributed by atoms with Gasteiger partial charge >= 0.3 is 5.97 Å². The zero-order chi connectivity index (χ0) is 15.4. The number of methoxy groups -OCH3 is 1. The third kappa shape index (κ3) is 3.91. The highest BCUT2D eigenvalue weighted by Crippen LogP contribution is 2.47. The van der Waals surface area contributed by atoms with Crippen LogP contribution in [-0.2, 0) is 9.53 Å². The van der Waals surface area contributed by atoms with Crippen LogP contribution in [0, 0.1) is 11.8 Å². The van der Waals surface area contributed by atoms with E-state index < -0.39 is 0 Å². The van der Waals surface area contributed by atoms with Gasteiger partial charge in [0.15, 0.2) is 0 Å². The molecule has 0 saturated heterocycles. The van der Waals surface area contributed by atoms with Crippen LogP contribution in [0.15, 0.2) is 18.2 Å². The molecule has 4 heteroatoms. The summed E-state index contributed by atoms with van der Waals surface area (Å²) < 4.78 is 10.5. The van der Waals surface area contributed by atoms with Crippen molar-refractivity contribution >= 4 is 17.6 Å². The van der Waals surface area contributed by atoms with Crippen LogP contribution < -0.4 is 4.74 Å². The predicted molar refractivity (Wildman–Crippen MR) is 83.9 cm³/mol. The molecule has 116 valence electrons. The molecule has 1 aromatic rings. The molecule has 0 bridgehead atoms. The highest BCUT2D eigenvalue weighted by Gasteiger charge is 2.44. The van der Waals surface area contributed by atoms with Gasteiger partial charge in [0.05, 0.1) is 19.6 Å². The monoisotopic (exact) mass is 310 g/mol. The molecule has 3 atom stereocenters. The molecular weight excluding hydrogens is 288 g/mol. The van der Waals surface area contributed by atoms with Gasteiger partial charge in [0.25, 0.3) is 0 Å². The van der Waals surface area contributed by atoms with Crippen LogP contribution in [0.5, 0.6) is 5.75 Å². The number of hydrogen-bond acceptors (Lipinski definition) is 3. The molecule has 0 heterocycles. The Labute approximate surface area is 131 Å². The Hall–Kier alpha value is -1.22. The molecule has 0 spiro atoms. The minimum Gasteiger partial charge on any atom is -0.494 e. The molecule has 3 unspecified atom stereocenters. The first kappa shape index (κ1) is 16.2. The Bertz CT molecular complexity index is 501. The highest BCUT2D eigenvalue weighted by molar-refractivity contribution is 6.30. The molecule has 1 aromatic carbocycles. The van der Waals surface area contributed by atoms with E-state index in [1.165, 1.54) is 7.11 Å². The summed E-state index contributed by atoms with van der Waals surface area (Å²) >= 11 is 6.14. The maximum Gasteiger partial charge on any atom is 0.308 e. The number of hydrogen-bond donors (Lipinski definition) is 0. The van der Waals surface area contributed by atoms with Gasteiger partial charge in [-0.15, -0.1) is 0 Å². The molecule has 0 amide bonds. The summed E-state index contributed by atoms with van der Waals surface area (Å²) in [6.45, 7) is 4.78. The number of benzene rings is 1. The first-order valence-electron chi connectivity index (χ1n) is 7.60. The van der Waals surface area contributed by atoms with Gasteiger partial charge in [0, 0.05) is 5.02 Å². The predicted octanol–water partition coefficient (Wildman–Crippen LogP) is 4.43. The van der Waals surface area contributed by atoms with Gasteiger partial charge in [-0.1, -0.05) is 18.5 Å². The zero-order valence-electron chi connectivity index (χ0n) is 12.9. The van der Waals surface area contributed by atoms with E-state index in [-0.39, 0.29) is 11.9 Å². The fourth-order valence-electron chi connectivity index (χ4n) is 2.95. The normalized spacial score (nSPS) is 21.7. The largest absolute Gasteiger partial charge is 0.494 e. The van der Waals surface area contributed by atoms with Gasteiger partial charge in [0.2, 0.25) is 0 Å². The average molecular weight is 311 g/mol. The van der Waals surface area contributed by atoms with Crippen LogP contribution in [0.4, 0.5) is 0 Å². The molecule has 0 N–H and O–H groups in total. The first-order chi connectivity index (χ1) is 10.1. The van der Waals surface area contributed by atoms with Crippen molar-refractivity contribution in [1.82, 2.24) is 0 Å². The second-order valence-electron chi connectivity index (χ2n) is 5.58. The lowest BCUT2D eigenvalue weighted by molar-refractivity contribution is -0.142. The van der Waals surface area contributed by atoms with E-state index in [4.69, 9.17) is 21.1 Å². The van der Waals surface area contributed by atoms with E-state index in [2.05, 4.69) is 6.92 Å². The minimum atomic E-state index is -0.0778. The SMILES string of the molecule is CCOc1ccc(Cl)cc1C(CC)CC1CC1C(=O)OC. The second kappa shape index (κ2) is 7.17. The maximum absolute atomic E-state index is 11.5. The van der Waals surface area contributed by atoms with Crippen LogP contribution in [0.25, 0.3) is 0 Å². The van der Waals surface area contributed by atoms with E-state index in [9.17, 15) is 4.79 Å². The fourth-order valence-corrected chi connectivity index (χ4v) is 3.13. The number of carbonyl (C=O) groups is 1. The number of esters is 1. The third-order valence-electron chi connectivity index (χ3n) is 4.22. The lowest BCUT2D eigenvalue weighted by atomic mass is 9.90. The van der Waals surface area contributed by atoms with Crippen molar-refractivity contribution < 1.29 is 14.3 Å². The summed E-state index contributed by atoms with van der Waals surface area (Å²) in [7, 11) is 1.46. The van der Waals surface area contributed by atoms with Gasteiger partial charge in [-0.3, -0.25) is 4.79 Å². The molecule has 1 fully saturated rings. The van der Waals surface area contributed by atoms with Crippen LogP contribution in [0.1, 0.15) is 44.6 Å². The van der Waals surface area contributed by atoms with Gasteiger partial charge in [0.1, 0.15) is 5.75 Å². The minimum absolute atomic E-state index is 0.0778. The molecular formula is C17H23ClO3. The molecule has 1 saturated carbocycles. The van der Waals surface area contributed by atoms with Crippen molar-refractivity contribution in [2.75, 3.05) is 13.7 Å². The van der Waals surface area contributed by atoms with E-state index in [1.54, 1.807) is 0 Å². The molecule has 2 rings (SSSR count). The summed E-state index contributed by atoms with van der Waals surface area (Å²) in [6.07, 6.45) is 2.93. The van der Waals surface area contributed by atoms with Crippen molar-refractivity contribution in [3.05, 3.63) is 28.8 Å². The summed E-state index contributed by atoms with van der Waals surface area (Å²) in [6, 6.07) is 5.79. The van der Waals surface area contributed by atoms with Crippen molar-refractivity contribution in [2.24, 2.45) is 11.8 Å². The number of carbonyl (C=O) groups excluding carboxylic acids is 1. The van der Waals surface area contributed by atoms with Gasteiger partial charge in [-0.05, 0) is 61.8 Å². The van der Waals surface area contributed by atoms with Gasteiger partial charge in [-0.2, -0.15) is 0 Å².